The number of ether oxygens (including phenoxy) is 2. The largest absolute Gasteiger partial charge is 0.506 e. The zero-order valence-corrected chi connectivity index (χ0v) is 18.9. The highest BCUT2D eigenvalue weighted by molar-refractivity contribution is 7.14. The maximum absolute atomic E-state index is 12.2. The van der Waals surface area contributed by atoms with Crippen molar-refractivity contribution < 1.29 is 29.3 Å². The number of benzene rings is 1. The van der Waals surface area contributed by atoms with Crippen LogP contribution in [0.25, 0.3) is 0 Å². The van der Waals surface area contributed by atoms with E-state index < -0.39 is 17.9 Å². The summed E-state index contributed by atoms with van der Waals surface area (Å²) in [5.74, 6) is -2.19. The Kier molecular flexibility index (Phi) is 6.19. The van der Waals surface area contributed by atoms with Crippen molar-refractivity contribution in [3.63, 3.8) is 0 Å². The van der Waals surface area contributed by atoms with Crippen LogP contribution in [0.15, 0.2) is 24.3 Å². The van der Waals surface area contributed by atoms with Crippen molar-refractivity contribution in [3.8, 4) is 11.5 Å². The zero-order chi connectivity index (χ0) is 22.2. The molecular formula is C22H22O6S2. The first-order valence-electron chi connectivity index (χ1n) is 9.08. The second kappa shape index (κ2) is 8.49. The molecule has 3 aromatic rings. The molecule has 0 atom stereocenters. The second-order valence-electron chi connectivity index (χ2n) is 6.82. The standard InChI is InChI=1S/C22H22O6S2/c1-10-7-6-8-13(9-10)16(19-17(23)14(11(2)29-19)21(25)27-4)20-18(24)15(12(3)30-20)22(26)28-5/h6-9,16,23-24H,1-5H3. The molecule has 0 radical (unpaired) electrons. The van der Waals surface area contributed by atoms with Crippen molar-refractivity contribution in [2.75, 3.05) is 14.2 Å². The molecule has 8 heteroatoms. The molecule has 0 saturated heterocycles. The van der Waals surface area contributed by atoms with Gasteiger partial charge in [-0.2, -0.15) is 0 Å². The number of carbonyl (C=O) groups is 2. The number of rotatable bonds is 5. The number of aryl methyl sites for hydroxylation is 3. The lowest BCUT2D eigenvalue weighted by Gasteiger charge is -2.17. The summed E-state index contributed by atoms with van der Waals surface area (Å²) in [4.78, 5) is 26.6. The monoisotopic (exact) mass is 446 g/mol. The van der Waals surface area contributed by atoms with Gasteiger partial charge < -0.3 is 19.7 Å². The summed E-state index contributed by atoms with van der Waals surface area (Å²) >= 11 is 2.51. The van der Waals surface area contributed by atoms with Crippen LogP contribution in [0.4, 0.5) is 0 Å². The molecule has 0 spiro atoms. The van der Waals surface area contributed by atoms with Crippen LogP contribution in [0.2, 0.25) is 0 Å². The van der Waals surface area contributed by atoms with Crippen molar-refractivity contribution in [3.05, 3.63) is 66.0 Å². The summed E-state index contributed by atoms with van der Waals surface area (Å²) in [5.41, 5.74) is 2.03. The molecule has 30 heavy (non-hydrogen) atoms. The van der Waals surface area contributed by atoms with Gasteiger partial charge in [-0.3, -0.25) is 0 Å². The molecule has 2 N–H and O–H groups in total. The third-order valence-electron chi connectivity index (χ3n) is 4.85. The Morgan fingerprint density at radius 1 is 0.867 bits per heavy atom. The van der Waals surface area contributed by atoms with E-state index >= 15 is 0 Å². The summed E-state index contributed by atoms with van der Waals surface area (Å²) in [6, 6.07) is 7.66. The highest BCUT2D eigenvalue weighted by Crippen LogP contribution is 2.50. The lowest BCUT2D eigenvalue weighted by molar-refractivity contribution is 0.0588. The predicted octanol–water partition coefficient (Wildman–Crippen LogP) is 4.90. The van der Waals surface area contributed by atoms with E-state index in [1.54, 1.807) is 13.8 Å². The maximum atomic E-state index is 12.2. The Hall–Kier alpha value is -2.84. The van der Waals surface area contributed by atoms with E-state index in [0.29, 0.717) is 19.5 Å². The van der Waals surface area contributed by atoms with E-state index in [1.165, 1.54) is 36.9 Å². The maximum Gasteiger partial charge on any atom is 0.342 e. The first-order chi connectivity index (χ1) is 14.2. The lowest BCUT2D eigenvalue weighted by Crippen LogP contribution is -2.04. The molecule has 0 fully saturated rings. The fourth-order valence-electron chi connectivity index (χ4n) is 3.46. The average molecular weight is 447 g/mol. The molecule has 0 bridgehead atoms. The fourth-order valence-corrected chi connectivity index (χ4v) is 5.90. The Balaban J connectivity index is 2.31. The summed E-state index contributed by atoms with van der Waals surface area (Å²) in [6.07, 6.45) is 0. The third-order valence-corrected chi connectivity index (χ3v) is 7.17. The van der Waals surface area contributed by atoms with E-state index in [1.807, 2.05) is 31.2 Å². The van der Waals surface area contributed by atoms with Crippen molar-refractivity contribution >= 4 is 34.6 Å². The van der Waals surface area contributed by atoms with E-state index in [0.717, 1.165) is 11.1 Å². The molecule has 0 aliphatic heterocycles. The van der Waals surface area contributed by atoms with Gasteiger partial charge in [0, 0.05) is 9.75 Å². The Morgan fingerprint density at radius 2 is 1.33 bits per heavy atom. The van der Waals surface area contributed by atoms with Crippen LogP contribution in [0.3, 0.4) is 0 Å². The molecule has 158 valence electrons. The van der Waals surface area contributed by atoms with E-state index in [-0.39, 0.29) is 22.6 Å². The van der Waals surface area contributed by atoms with Gasteiger partial charge in [0.05, 0.1) is 29.9 Å². The minimum atomic E-state index is -0.627. The van der Waals surface area contributed by atoms with Crippen LogP contribution in [0, 0.1) is 20.8 Å². The van der Waals surface area contributed by atoms with Gasteiger partial charge in [-0.1, -0.05) is 29.8 Å². The van der Waals surface area contributed by atoms with E-state index in [2.05, 4.69) is 0 Å². The SMILES string of the molecule is COC(=O)c1c(C)sc(C(c2cccc(C)c2)c2sc(C)c(C(=O)OC)c2O)c1O. The van der Waals surface area contributed by atoms with Crippen LogP contribution >= 0.6 is 22.7 Å². The minimum Gasteiger partial charge on any atom is -0.506 e. The summed E-state index contributed by atoms with van der Waals surface area (Å²) in [5, 5.41) is 21.9. The highest BCUT2D eigenvalue weighted by Gasteiger charge is 2.34. The predicted molar refractivity (Wildman–Crippen MR) is 116 cm³/mol. The van der Waals surface area contributed by atoms with E-state index in [4.69, 9.17) is 9.47 Å². The van der Waals surface area contributed by atoms with Crippen LogP contribution in [-0.4, -0.2) is 36.4 Å². The zero-order valence-electron chi connectivity index (χ0n) is 17.2. The summed E-state index contributed by atoms with van der Waals surface area (Å²) in [6.45, 7) is 5.40. The van der Waals surface area contributed by atoms with Gasteiger partial charge in [-0.05, 0) is 26.3 Å². The number of hydrogen-bond acceptors (Lipinski definition) is 8. The topological polar surface area (TPSA) is 93.1 Å². The molecule has 6 nitrogen and oxygen atoms in total. The molecule has 3 rings (SSSR count). The fraction of sp³-hybridized carbons (Fsp3) is 0.273. The number of esters is 2. The quantitative estimate of drug-likeness (QED) is 0.542. The molecular weight excluding hydrogens is 424 g/mol. The molecule has 0 unspecified atom stereocenters. The van der Waals surface area contributed by atoms with Gasteiger partial charge >= 0.3 is 11.9 Å². The average Bonchev–Trinajstić information content (AvgIpc) is 3.16. The molecule has 0 amide bonds. The van der Waals surface area contributed by atoms with E-state index in [9.17, 15) is 19.8 Å². The normalized spacial score (nSPS) is 11.0. The molecule has 2 aromatic heterocycles. The number of methoxy groups -OCH3 is 2. The van der Waals surface area contributed by atoms with Gasteiger partial charge in [-0.25, -0.2) is 9.59 Å². The van der Waals surface area contributed by atoms with Gasteiger partial charge in [0.15, 0.2) is 0 Å². The second-order valence-corrected chi connectivity index (χ2v) is 9.34. The van der Waals surface area contributed by atoms with Crippen molar-refractivity contribution in [2.24, 2.45) is 0 Å². The van der Waals surface area contributed by atoms with Crippen LogP contribution in [-0.2, 0) is 9.47 Å². The van der Waals surface area contributed by atoms with Gasteiger partial charge in [0.1, 0.15) is 22.6 Å². The van der Waals surface area contributed by atoms with Gasteiger partial charge in [0.2, 0.25) is 0 Å². The first-order valence-corrected chi connectivity index (χ1v) is 10.7. The third kappa shape index (κ3) is 3.68. The number of carbonyl (C=O) groups excluding carboxylic acids is 2. The molecule has 1 aromatic carbocycles. The Labute approximate surface area is 182 Å². The molecule has 2 heterocycles. The number of thiophene rings is 2. The highest BCUT2D eigenvalue weighted by atomic mass is 32.1. The lowest BCUT2D eigenvalue weighted by atomic mass is 9.92. The minimum absolute atomic E-state index is 0.108. The van der Waals surface area contributed by atoms with Crippen molar-refractivity contribution in [2.45, 2.75) is 26.7 Å². The Bertz CT molecular complexity index is 1060. The summed E-state index contributed by atoms with van der Waals surface area (Å²) < 4.78 is 9.63. The van der Waals surface area contributed by atoms with Crippen LogP contribution < -0.4 is 0 Å². The van der Waals surface area contributed by atoms with Gasteiger partial charge in [0.25, 0.3) is 0 Å². The smallest absolute Gasteiger partial charge is 0.342 e. The first kappa shape index (κ1) is 21.9. The number of hydrogen-bond donors (Lipinski definition) is 2. The van der Waals surface area contributed by atoms with Crippen molar-refractivity contribution in [1.82, 2.24) is 0 Å². The van der Waals surface area contributed by atoms with Crippen molar-refractivity contribution in [1.29, 1.82) is 0 Å². The summed E-state index contributed by atoms with van der Waals surface area (Å²) in [7, 11) is 2.52. The van der Waals surface area contributed by atoms with Gasteiger partial charge in [-0.15, -0.1) is 22.7 Å². The number of aromatic hydroxyl groups is 2. The molecule has 0 saturated carbocycles. The Morgan fingerprint density at radius 3 is 1.73 bits per heavy atom. The van der Waals surface area contributed by atoms with Crippen LogP contribution in [0.5, 0.6) is 11.5 Å². The molecule has 0 aliphatic carbocycles. The molecule has 0 aliphatic rings. The van der Waals surface area contributed by atoms with Crippen LogP contribution in [0.1, 0.15) is 57.3 Å².